The molecule has 0 bridgehead atoms. The minimum Gasteiger partial charge on any atom is -0.473 e. The number of ether oxygens (including phenoxy) is 2. The first-order chi connectivity index (χ1) is 14.3. The van der Waals surface area contributed by atoms with Crippen LogP contribution in [-0.2, 0) is 22.7 Å². The molecule has 1 saturated heterocycles. The van der Waals surface area contributed by atoms with Crippen LogP contribution < -0.4 is 10.1 Å². The minimum absolute atomic E-state index is 0.179. The summed E-state index contributed by atoms with van der Waals surface area (Å²) in [4.78, 5) is 30.8. The molecule has 160 valence electrons. The van der Waals surface area contributed by atoms with Crippen LogP contribution in [0.25, 0.3) is 0 Å². The van der Waals surface area contributed by atoms with Crippen molar-refractivity contribution in [2.75, 3.05) is 6.54 Å². The molecule has 1 aliphatic heterocycles. The summed E-state index contributed by atoms with van der Waals surface area (Å²) in [5.41, 5.74) is 1.35. The minimum atomic E-state index is -0.589. The molecule has 1 aromatic heterocycles. The number of carbonyl (C=O) groups is 2. The Labute approximate surface area is 177 Å². The van der Waals surface area contributed by atoms with Crippen LogP contribution in [0.5, 0.6) is 5.88 Å². The number of benzene rings is 1. The first-order valence-electron chi connectivity index (χ1n) is 10.2. The van der Waals surface area contributed by atoms with Crippen LogP contribution in [0.15, 0.2) is 48.7 Å². The molecule has 30 heavy (non-hydrogen) atoms. The second kappa shape index (κ2) is 9.61. The molecule has 0 saturated carbocycles. The molecular weight excluding hydrogens is 382 g/mol. The highest BCUT2D eigenvalue weighted by Crippen LogP contribution is 2.21. The average molecular weight is 412 g/mol. The summed E-state index contributed by atoms with van der Waals surface area (Å²) in [6.45, 7) is 6.74. The van der Waals surface area contributed by atoms with Crippen LogP contribution in [0.2, 0.25) is 0 Å². The van der Waals surface area contributed by atoms with Crippen molar-refractivity contribution in [3.05, 3.63) is 59.8 Å². The molecule has 0 spiro atoms. The van der Waals surface area contributed by atoms with Crippen molar-refractivity contribution in [1.82, 2.24) is 15.2 Å². The maximum absolute atomic E-state index is 12.7. The normalized spacial score (nSPS) is 16.2. The fourth-order valence-corrected chi connectivity index (χ4v) is 3.26. The predicted octanol–water partition coefficient (Wildman–Crippen LogP) is 3.68. The van der Waals surface area contributed by atoms with Gasteiger partial charge in [-0.25, -0.2) is 9.78 Å². The van der Waals surface area contributed by atoms with Gasteiger partial charge in [0.05, 0.1) is 0 Å². The van der Waals surface area contributed by atoms with Crippen molar-refractivity contribution >= 4 is 12.0 Å². The number of carbonyl (C=O) groups excluding carboxylic acids is 2. The summed E-state index contributed by atoms with van der Waals surface area (Å²) < 4.78 is 11.2. The van der Waals surface area contributed by atoms with Gasteiger partial charge in [-0.1, -0.05) is 30.3 Å². The monoisotopic (exact) mass is 411 g/mol. The number of aromatic nitrogens is 1. The molecule has 7 nitrogen and oxygen atoms in total. The number of pyridine rings is 1. The molecule has 0 aliphatic carbocycles. The van der Waals surface area contributed by atoms with E-state index in [4.69, 9.17) is 9.47 Å². The topological polar surface area (TPSA) is 80.8 Å². The van der Waals surface area contributed by atoms with Gasteiger partial charge < -0.3 is 14.8 Å². The van der Waals surface area contributed by atoms with E-state index in [2.05, 4.69) is 10.3 Å². The second-order valence-electron chi connectivity index (χ2n) is 8.33. The lowest BCUT2D eigenvalue weighted by Crippen LogP contribution is -2.47. The van der Waals surface area contributed by atoms with Gasteiger partial charge >= 0.3 is 6.09 Å². The fourth-order valence-electron chi connectivity index (χ4n) is 3.26. The van der Waals surface area contributed by atoms with Crippen molar-refractivity contribution in [2.45, 2.75) is 58.4 Å². The first kappa shape index (κ1) is 21.6. The number of rotatable bonds is 6. The largest absolute Gasteiger partial charge is 0.473 e. The molecule has 2 aromatic rings. The van der Waals surface area contributed by atoms with Gasteiger partial charge in [0.2, 0.25) is 11.8 Å². The Morgan fingerprint density at radius 1 is 1.17 bits per heavy atom. The maximum Gasteiger partial charge on any atom is 0.410 e. The van der Waals surface area contributed by atoms with Crippen LogP contribution in [0.3, 0.4) is 0 Å². The first-order valence-corrected chi connectivity index (χ1v) is 10.2. The van der Waals surface area contributed by atoms with E-state index in [9.17, 15) is 9.59 Å². The van der Waals surface area contributed by atoms with E-state index in [0.717, 1.165) is 17.5 Å². The molecule has 7 heteroatoms. The molecule has 2 amide bonds. The molecule has 1 aromatic carbocycles. The molecule has 0 radical (unpaired) electrons. The Morgan fingerprint density at radius 2 is 1.93 bits per heavy atom. The van der Waals surface area contributed by atoms with E-state index in [-0.39, 0.29) is 5.91 Å². The summed E-state index contributed by atoms with van der Waals surface area (Å²) in [6.07, 6.45) is 2.63. The van der Waals surface area contributed by atoms with Crippen LogP contribution in [-0.4, -0.2) is 40.1 Å². The molecule has 2 heterocycles. The summed E-state index contributed by atoms with van der Waals surface area (Å²) in [5.74, 6) is 0.323. The highest BCUT2D eigenvalue weighted by Gasteiger charge is 2.36. The molecule has 1 aliphatic rings. The number of nitrogens with zero attached hydrogens (tertiary/aromatic N) is 2. The van der Waals surface area contributed by atoms with Gasteiger partial charge in [-0.3, -0.25) is 9.69 Å². The Hall–Kier alpha value is -3.09. The molecular formula is C23H29N3O4. The predicted molar refractivity (Wildman–Crippen MR) is 113 cm³/mol. The van der Waals surface area contributed by atoms with Crippen LogP contribution in [0.1, 0.15) is 44.7 Å². The lowest BCUT2D eigenvalue weighted by Gasteiger charge is -2.28. The van der Waals surface area contributed by atoms with Crippen molar-refractivity contribution in [3.8, 4) is 5.88 Å². The van der Waals surface area contributed by atoms with Crippen molar-refractivity contribution in [3.63, 3.8) is 0 Å². The lowest BCUT2D eigenvalue weighted by atomic mass is 10.2. The van der Waals surface area contributed by atoms with Crippen molar-refractivity contribution in [1.29, 1.82) is 0 Å². The maximum atomic E-state index is 12.7. The number of hydrogen-bond donors (Lipinski definition) is 1. The summed E-state index contributed by atoms with van der Waals surface area (Å²) in [6, 6.07) is 13.0. The standard InChI is InChI=1S/C23H29N3O4/c1-23(2,3)30-22(28)26-13-7-10-19(26)21(27)25-15-18-11-12-24-20(14-18)29-16-17-8-5-4-6-9-17/h4-6,8-9,11-12,14,19H,7,10,13,15-16H2,1-3H3,(H,25,27)/t19-/m0/s1. The smallest absolute Gasteiger partial charge is 0.410 e. The van der Waals surface area contributed by atoms with Crippen LogP contribution >= 0.6 is 0 Å². The van der Waals surface area contributed by atoms with Crippen molar-refractivity contribution in [2.24, 2.45) is 0 Å². The third-order valence-corrected chi connectivity index (χ3v) is 4.68. The van der Waals surface area contributed by atoms with Crippen LogP contribution in [0, 0.1) is 0 Å². The zero-order chi connectivity index (χ0) is 21.6. The number of likely N-dealkylation sites (tertiary alicyclic amines) is 1. The molecule has 1 atom stereocenters. The summed E-state index contributed by atoms with van der Waals surface area (Å²) in [5, 5.41) is 2.92. The van der Waals surface area contributed by atoms with Gasteiger partial charge in [0, 0.05) is 25.4 Å². The van der Waals surface area contributed by atoms with Crippen LogP contribution in [0.4, 0.5) is 4.79 Å². The lowest BCUT2D eigenvalue weighted by molar-refractivity contribution is -0.125. The van der Waals surface area contributed by atoms with Gasteiger partial charge in [-0.15, -0.1) is 0 Å². The van der Waals surface area contributed by atoms with E-state index >= 15 is 0 Å². The van der Waals surface area contributed by atoms with E-state index in [1.807, 2.05) is 63.2 Å². The SMILES string of the molecule is CC(C)(C)OC(=O)N1CCC[C@H]1C(=O)NCc1ccnc(OCc2ccccc2)c1. The Kier molecular flexibility index (Phi) is 6.92. The van der Waals surface area contributed by atoms with E-state index in [0.29, 0.717) is 32.0 Å². The van der Waals surface area contributed by atoms with Gasteiger partial charge in [-0.05, 0) is 50.8 Å². The molecule has 1 N–H and O–H groups in total. The number of hydrogen-bond acceptors (Lipinski definition) is 5. The third-order valence-electron chi connectivity index (χ3n) is 4.68. The van der Waals surface area contributed by atoms with Gasteiger partial charge in [0.15, 0.2) is 0 Å². The van der Waals surface area contributed by atoms with Gasteiger partial charge in [0.1, 0.15) is 18.2 Å². The van der Waals surface area contributed by atoms with Gasteiger partial charge in [-0.2, -0.15) is 0 Å². The highest BCUT2D eigenvalue weighted by atomic mass is 16.6. The Bertz CT molecular complexity index is 864. The average Bonchev–Trinajstić information content (AvgIpc) is 3.21. The van der Waals surface area contributed by atoms with E-state index < -0.39 is 17.7 Å². The Morgan fingerprint density at radius 3 is 2.67 bits per heavy atom. The number of nitrogens with one attached hydrogen (secondary N) is 1. The second-order valence-corrected chi connectivity index (χ2v) is 8.33. The quantitative estimate of drug-likeness (QED) is 0.784. The zero-order valence-corrected chi connectivity index (χ0v) is 17.8. The summed E-state index contributed by atoms with van der Waals surface area (Å²) >= 11 is 0. The molecule has 3 rings (SSSR count). The highest BCUT2D eigenvalue weighted by molar-refractivity contribution is 5.86. The number of amides is 2. The van der Waals surface area contributed by atoms with Gasteiger partial charge in [0.25, 0.3) is 0 Å². The Balaban J connectivity index is 1.53. The fraction of sp³-hybridized carbons (Fsp3) is 0.435. The van der Waals surface area contributed by atoms with E-state index in [1.54, 1.807) is 6.20 Å². The third kappa shape index (κ3) is 6.20. The van der Waals surface area contributed by atoms with E-state index in [1.165, 1.54) is 4.90 Å². The summed E-state index contributed by atoms with van der Waals surface area (Å²) in [7, 11) is 0. The molecule has 1 fully saturated rings. The molecule has 0 unspecified atom stereocenters. The van der Waals surface area contributed by atoms with Crippen molar-refractivity contribution < 1.29 is 19.1 Å². The zero-order valence-electron chi connectivity index (χ0n) is 17.8.